The molecule has 0 heterocycles. The smallest absolute Gasteiger partial charge is 0.0493 e. The summed E-state index contributed by atoms with van der Waals surface area (Å²) >= 11 is 0. The Morgan fingerprint density at radius 3 is 2.42 bits per heavy atom. The van der Waals surface area contributed by atoms with E-state index in [0.29, 0.717) is 12.5 Å². The first-order valence-electron chi connectivity index (χ1n) is 7.83. The Balaban J connectivity index is 1.76. The predicted octanol–water partition coefficient (Wildman–Crippen LogP) is 4.15. The molecule has 0 saturated heterocycles. The van der Waals surface area contributed by atoms with Gasteiger partial charge in [0.25, 0.3) is 0 Å². The first kappa shape index (κ1) is 13.2. The zero-order valence-electron chi connectivity index (χ0n) is 12.2. The number of fused-ring (bicyclic) bond motifs is 2. The second kappa shape index (κ2) is 4.94. The Hall–Kier alpha value is -0.820. The number of aliphatic hydroxyl groups is 1. The van der Waals surface area contributed by atoms with Gasteiger partial charge in [0.2, 0.25) is 0 Å². The van der Waals surface area contributed by atoms with E-state index in [1.54, 1.807) is 0 Å². The largest absolute Gasteiger partial charge is 0.396 e. The van der Waals surface area contributed by atoms with Crippen molar-refractivity contribution in [2.45, 2.75) is 51.9 Å². The van der Waals surface area contributed by atoms with E-state index in [-0.39, 0.29) is 5.41 Å². The maximum Gasteiger partial charge on any atom is 0.0493 e. The molecule has 2 saturated carbocycles. The van der Waals surface area contributed by atoms with Gasteiger partial charge in [-0.15, -0.1) is 0 Å². The van der Waals surface area contributed by atoms with Gasteiger partial charge in [0, 0.05) is 12.0 Å². The zero-order valence-corrected chi connectivity index (χ0v) is 12.2. The van der Waals surface area contributed by atoms with Crippen molar-refractivity contribution in [1.29, 1.82) is 0 Å². The molecule has 3 unspecified atom stereocenters. The van der Waals surface area contributed by atoms with Crippen LogP contribution in [0.5, 0.6) is 0 Å². The lowest BCUT2D eigenvalue weighted by atomic mass is 9.70. The van der Waals surface area contributed by atoms with Gasteiger partial charge in [0.15, 0.2) is 0 Å². The van der Waals surface area contributed by atoms with Gasteiger partial charge < -0.3 is 5.11 Å². The third-order valence-electron chi connectivity index (χ3n) is 5.62. The third kappa shape index (κ3) is 2.33. The zero-order chi connectivity index (χ0) is 13.5. The van der Waals surface area contributed by atoms with Crippen LogP contribution < -0.4 is 0 Å². The van der Waals surface area contributed by atoms with Crippen LogP contribution in [0.25, 0.3) is 0 Å². The summed E-state index contributed by atoms with van der Waals surface area (Å²) < 4.78 is 0. The van der Waals surface area contributed by atoms with E-state index in [0.717, 1.165) is 18.3 Å². The molecule has 1 N–H and O–H groups in total. The second-order valence-corrected chi connectivity index (χ2v) is 7.17. The lowest BCUT2D eigenvalue weighted by Crippen LogP contribution is -2.34. The summed E-state index contributed by atoms with van der Waals surface area (Å²) in [5.74, 6) is 2.27. The van der Waals surface area contributed by atoms with Gasteiger partial charge in [0.05, 0.1) is 0 Å². The molecule has 1 heteroatoms. The summed E-state index contributed by atoms with van der Waals surface area (Å²) in [6.07, 6.45) is 6.43. The van der Waals surface area contributed by atoms with Crippen molar-refractivity contribution in [3.8, 4) is 0 Å². The van der Waals surface area contributed by atoms with Crippen molar-refractivity contribution >= 4 is 0 Å². The highest BCUT2D eigenvalue weighted by Gasteiger charge is 2.50. The highest BCUT2D eigenvalue weighted by atomic mass is 16.3. The lowest BCUT2D eigenvalue weighted by Gasteiger charge is -2.36. The molecule has 0 aromatic heterocycles. The van der Waals surface area contributed by atoms with Gasteiger partial charge in [0.1, 0.15) is 0 Å². The Morgan fingerprint density at radius 1 is 1.21 bits per heavy atom. The first-order valence-corrected chi connectivity index (χ1v) is 7.83. The molecule has 3 atom stereocenters. The predicted molar refractivity (Wildman–Crippen MR) is 79.2 cm³/mol. The molecule has 1 aromatic carbocycles. The van der Waals surface area contributed by atoms with Crippen LogP contribution in [0.3, 0.4) is 0 Å². The van der Waals surface area contributed by atoms with Crippen molar-refractivity contribution in [2.75, 3.05) is 6.61 Å². The van der Waals surface area contributed by atoms with E-state index >= 15 is 0 Å². The lowest BCUT2D eigenvalue weighted by molar-refractivity contribution is 0.0651. The number of benzene rings is 1. The molecule has 2 bridgehead atoms. The minimum atomic E-state index is 0.197. The topological polar surface area (TPSA) is 20.2 Å². The van der Waals surface area contributed by atoms with E-state index in [1.807, 2.05) is 0 Å². The molecule has 2 aliphatic rings. The van der Waals surface area contributed by atoms with Gasteiger partial charge in [-0.2, -0.15) is 0 Å². The summed E-state index contributed by atoms with van der Waals surface area (Å²) in [6, 6.07) is 9.08. The van der Waals surface area contributed by atoms with E-state index in [4.69, 9.17) is 0 Å². The summed E-state index contributed by atoms with van der Waals surface area (Å²) in [7, 11) is 0. The van der Waals surface area contributed by atoms with Gasteiger partial charge in [-0.1, -0.05) is 44.5 Å². The normalized spacial score (nSPS) is 33.3. The van der Waals surface area contributed by atoms with Crippen molar-refractivity contribution in [3.63, 3.8) is 0 Å². The maximum absolute atomic E-state index is 9.94. The Morgan fingerprint density at radius 2 is 1.95 bits per heavy atom. The van der Waals surface area contributed by atoms with Crippen LogP contribution in [0.1, 0.15) is 56.6 Å². The molecule has 0 radical (unpaired) electrons. The Bertz CT molecular complexity index is 434. The summed E-state index contributed by atoms with van der Waals surface area (Å²) in [5.41, 5.74) is 3.02. The average molecular weight is 258 g/mol. The fourth-order valence-corrected chi connectivity index (χ4v) is 4.45. The summed E-state index contributed by atoms with van der Waals surface area (Å²) in [6.45, 7) is 4.85. The maximum atomic E-state index is 9.94. The molecule has 1 aromatic rings. The monoisotopic (exact) mass is 258 g/mol. The van der Waals surface area contributed by atoms with Crippen LogP contribution in [-0.2, 0) is 6.42 Å². The number of hydrogen-bond acceptors (Lipinski definition) is 1. The Kier molecular flexibility index (Phi) is 3.42. The summed E-state index contributed by atoms with van der Waals surface area (Å²) in [5, 5.41) is 9.94. The minimum absolute atomic E-state index is 0.197. The molecular weight excluding hydrogens is 232 g/mol. The number of aliphatic hydroxyl groups excluding tert-OH is 1. The van der Waals surface area contributed by atoms with E-state index < -0.39 is 0 Å². The molecule has 0 amide bonds. The van der Waals surface area contributed by atoms with Crippen molar-refractivity contribution in [3.05, 3.63) is 35.4 Å². The van der Waals surface area contributed by atoms with E-state index in [2.05, 4.69) is 38.1 Å². The SMILES string of the molecule is CC(C)c1ccc(CC2(CO)CC3CCC2C3)cc1. The Labute approximate surface area is 117 Å². The molecule has 19 heavy (non-hydrogen) atoms. The van der Waals surface area contributed by atoms with Crippen LogP contribution in [0.2, 0.25) is 0 Å². The van der Waals surface area contributed by atoms with Crippen molar-refractivity contribution < 1.29 is 5.11 Å². The molecule has 1 nitrogen and oxygen atoms in total. The molecule has 2 fully saturated rings. The van der Waals surface area contributed by atoms with Crippen LogP contribution in [0, 0.1) is 17.3 Å². The van der Waals surface area contributed by atoms with Gasteiger partial charge in [-0.05, 0) is 54.6 Å². The number of rotatable bonds is 4. The number of hydrogen-bond donors (Lipinski definition) is 1. The highest BCUT2D eigenvalue weighted by Crippen LogP contribution is 2.57. The van der Waals surface area contributed by atoms with Crippen molar-refractivity contribution in [1.82, 2.24) is 0 Å². The fourth-order valence-electron chi connectivity index (χ4n) is 4.45. The van der Waals surface area contributed by atoms with Gasteiger partial charge in [-0.25, -0.2) is 0 Å². The van der Waals surface area contributed by atoms with Crippen LogP contribution in [0.15, 0.2) is 24.3 Å². The quantitative estimate of drug-likeness (QED) is 0.860. The van der Waals surface area contributed by atoms with Crippen LogP contribution in [0.4, 0.5) is 0 Å². The molecule has 0 spiro atoms. The second-order valence-electron chi connectivity index (χ2n) is 7.17. The fraction of sp³-hybridized carbons (Fsp3) is 0.667. The summed E-state index contributed by atoms with van der Waals surface area (Å²) in [4.78, 5) is 0. The third-order valence-corrected chi connectivity index (χ3v) is 5.62. The first-order chi connectivity index (χ1) is 9.13. The molecular formula is C18H26O. The minimum Gasteiger partial charge on any atom is -0.396 e. The average Bonchev–Trinajstić information content (AvgIpc) is 3.00. The highest BCUT2D eigenvalue weighted by molar-refractivity contribution is 5.26. The van der Waals surface area contributed by atoms with Crippen LogP contribution in [-0.4, -0.2) is 11.7 Å². The molecule has 2 aliphatic carbocycles. The molecule has 3 rings (SSSR count). The van der Waals surface area contributed by atoms with Crippen LogP contribution >= 0.6 is 0 Å². The van der Waals surface area contributed by atoms with Crippen molar-refractivity contribution in [2.24, 2.45) is 17.3 Å². The standard InChI is InChI=1S/C18H26O/c1-13(2)16-6-3-14(4-7-16)10-18(12-19)11-15-5-8-17(18)9-15/h3-4,6-7,13,15,17,19H,5,8-12H2,1-2H3. The van der Waals surface area contributed by atoms with Gasteiger partial charge in [-0.3, -0.25) is 0 Å². The van der Waals surface area contributed by atoms with Gasteiger partial charge >= 0.3 is 0 Å². The molecule has 104 valence electrons. The molecule has 0 aliphatic heterocycles. The van der Waals surface area contributed by atoms with E-state index in [1.165, 1.54) is 36.8 Å². The van der Waals surface area contributed by atoms with E-state index in [9.17, 15) is 5.11 Å².